The molecule has 0 rings (SSSR count). The number of halogens is 1. The Morgan fingerprint density at radius 2 is 2.50 bits per heavy atom. The highest BCUT2D eigenvalue weighted by Crippen LogP contribution is 1.80. The van der Waals surface area contributed by atoms with Gasteiger partial charge in [-0.25, -0.2) is 0 Å². The average molecular weight is 198 g/mol. The van der Waals surface area contributed by atoms with Crippen molar-refractivity contribution in [1.29, 1.82) is 0 Å². The molecule has 0 fully saturated rings. The minimum Gasteiger partial charge on any atom is -0.359 e. The number of hydrazine groups is 1. The minimum atomic E-state index is 1.37. The van der Waals surface area contributed by atoms with Crippen LogP contribution in [0.1, 0.15) is 0 Å². The van der Waals surface area contributed by atoms with Gasteiger partial charge in [-0.2, -0.15) is 3.22 Å². The van der Waals surface area contributed by atoms with Crippen molar-refractivity contribution in [1.82, 2.24) is 8.56 Å². The molecular formula is CH6BIN3. The Hall–Kier alpha value is 0.675. The summed E-state index contributed by atoms with van der Waals surface area (Å²) in [4.78, 5) is 0. The van der Waals surface area contributed by atoms with E-state index < -0.39 is 0 Å². The standard InChI is InChI=1S/CH6BIN3/c1-6(3)5-2-4/h5H,4H2,1H3. The fourth-order valence-corrected chi connectivity index (χ4v) is 0.264. The smallest absolute Gasteiger partial charge is 0.320 e. The largest absolute Gasteiger partial charge is 0.359 e. The van der Waals surface area contributed by atoms with Crippen molar-refractivity contribution in [2.45, 2.75) is 0 Å². The molecule has 0 aromatic carbocycles. The van der Waals surface area contributed by atoms with E-state index in [0.29, 0.717) is 0 Å². The third-order valence-corrected chi connectivity index (χ3v) is 0.531. The van der Waals surface area contributed by atoms with E-state index in [1.807, 2.05) is 7.05 Å². The maximum Gasteiger partial charge on any atom is 0.320 e. The van der Waals surface area contributed by atoms with Gasteiger partial charge in [0.15, 0.2) is 0 Å². The Balaban J connectivity index is 2.63. The Morgan fingerprint density at radius 1 is 2.00 bits per heavy atom. The van der Waals surface area contributed by atoms with Crippen molar-refractivity contribution in [2.24, 2.45) is 5.64 Å². The molecule has 0 atom stereocenters. The Labute approximate surface area is 52.0 Å². The summed E-state index contributed by atoms with van der Waals surface area (Å²) < 4.78 is 1.72. The van der Waals surface area contributed by atoms with Crippen LogP contribution in [0.2, 0.25) is 0 Å². The lowest BCUT2D eigenvalue weighted by atomic mass is 10.3. The first kappa shape index (κ1) is 6.67. The summed E-state index contributed by atoms with van der Waals surface area (Å²) in [5.41, 5.74) is 4.95. The Bertz CT molecular complexity index is 32.0. The highest BCUT2D eigenvalue weighted by molar-refractivity contribution is 14.1. The summed E-state index contributed by atoms with van der Waals surface area (Å²) in [5, 5.41) is 2.68. The molecule has 3 nitrogen and oxygen atoms in total. The average Bonchev–Trinajstić information content (AvgIpc) is 1.35. The van der Waals surface area contributed by atoms with Crippen LogP contribution in [0.15, 0.2) is 0 Å². The topological polar surface area (TPSA) is 41.3 Å². The number of hydrogen-bond acceptors (Lipinski definition) is 3. The molecule has 0 aliphatic rings. The number of nitrogens with zero attached hydrogens (tertiary/aromatic N) is 1. The van der Waals surface area contributed by atoms with Crippen LogP contribution in [0, 0.1) is 0 Å². The normalized spacial score (nSPS) is 9.33. The second kappa shape index (κ2) is 3.85. The molecule has 0 heterocycles. The van der Waals surface area contributed by atoms with Crippen LogP contribution >= 0.6 is 22.9 Å². The molecule has 0 spiro atoms. The van der Waals surface area contributed by atoms with Gasteiger partial charge in [0.25, 0.3) is 0 Å². The van der Waals surface area contributed by atoms with Crippen LogP contribution in [0.5, 0.6) is 0 Å². The van der Waals surface area contributed by atoms with E-state index in [0.717, 1.165) is 0 Å². The van der Waals surface area contributed by atoms with Crippen molar-refractivity contribution in [2.75, 3.05) is 7.05 Å². The molecule has 0 aromatic heterocycles. The number of rotatable bonds is 2. The van der Waals surface area contributed by atoms with E-state index in [1.165, 1.54) is 7.55 Å². The molecule has 0 unspecified atom stereocenters. The quantitative estimate of drug-likeness (QED) is 0.266. The second-order valence-electron chi connectivity index (χ2n) is 0.773. The predicted molar refractivity (Wildman–Crippen MR) is 34.9 cm³/mol. The van der Waals surface area contributed by atoms with Gasteiger partial charge in [-0.3, -0.25) is 5.34 Å². The van der Waals surface area contributed by atoms with Crippen LogP contribution in [0.25, 0.3) is 0 Å². The molecule has 6 heavy (non-hydrogen) atoms. The van der Waals surface area contributed by atoms with E-state index in [1.54, 1.807) is 3.22 Å². The molecule has 3 N–H and O–H groups in total. The van der Waals surface area contributed by atoms with Crippen molar-refractivity contribution in [3.05, 3.63) is 0 Å². The summed E-state index contributed by atoms with van der Waals surface area (Å²) in [7, 11) is 3.22. The molecule has 5 heteroatoms. The van der Waals surface area contributed by atoms with E-state index in [-0.39, 0.29) is 0 Å². The van der Waals surface area contributed by atoms with Gasteiger partial charge in [-0.1, -0.05) is 0 Å². The molecule has 0 aliphatic carbocycles. The minimum absolute atomic E-state index is 1.37. The number of nitrogens with one attached hydrogen (secondary N) is 1. The van der Waals surface area contributed by atoms with Crippen molar-refractivity contribution < 1.29 is 0 Å². The Morgan fingerprint density at radius 3 is 2.50 bits per heavy atom. The monoisotopic (exact) mass is 198 g/mol. The van der Waals surface area contributed by atoms with Crippen molar-refractivity contribution >= 4 is 30.4 Å². The lowest BCUT2D eigenvalue weighted by molar-refractivity contribution is 0.579. The maximum atomic E-state index is 4.95. The summed E-state index contributed by atoms with van der Waals surface area (Å²) >= 11 is 2.05. The number of nitrogens with two attached hydrogens (primary N) is 1. The van der Waals surface area contributed by atoms with E-state index in [2.05, 4.69) is 28.2 Å². The fourth-order valence-electron chi connectivity index (χ4n) is 0.103. The van der Waals surface area contributed by atoms with Crippen LogP contribution in [0.3, 0.4) is 0 Å². The van der Waals surface area contributed by atoms with Gasteiger partial charge in [0, 0.05) is 29.9 Å². The van der Waals surface area contributed by atoms with E-state index >= 15 is 0 Å². The third-order valence-electron chi connectivity index (χ3n) is 0.252. The third kappa shape index (κ3) is 4.67. The zero-order valence-electron chi connectivity index (χ0n) is 3.48. The highest BCUT2D eigenvalue weighted by Gasteiger charge is 1.82. The van der Waals surface area contributed by atoms with Gasteiger partial charge in [0.05, 0.1) is 0 Å². The van der Waals surface area contributed by atoms with Gasteiger partial charge in [0.2, 0.25) is 0 Å². The lowest BCUT2D eigenvalue weighted by Crippen LogP contribution is -2.34. The second-order valence-corrected chi connectivity index (χ2v) is 2.22. The maximum absolute atomic E-state index is 4.95. The fraction of sp³-hybridized carbons (Fsp3) is 1.00. The summed E-state index contributed by atoms with van der Waals surface area (Å²) in [5.74, 6) is 0. The molecule has 0 amide bonds. The van der Waals surface area contributed by atoms with Crippen LogP contribution in [-0.2, 0) is 0 Å². The molecule has 1 radical (unpaired) electrons. The summed E-state index contributed by atoms with van der Waals surface area (Å²) in [6.07, 6.45) is 0. The molecule has 0 saturated heterocycles. The zero-order valence-corrected chi connectivity index (χ0v) is 5.64. The molecule has 0 aliphatic heterocycles. The summed E-state index contributed by atoms with van der Waals surface area (Å²) in [6, 6.07) is 0. The van der Waals surface area contributed by atoms with E-state index in [9.17, 15) is 0 Å². The van der Waals surface area contributed by atoms with Crippen molar-refractivity contribution in [3.63, 3.8) is 0 Å². The molecule has 0 saturated carbocycles. The van der Waals surface area contributed by atoms with Gasteiger partial charge in [-0.05, 0) is 0 Å². The van der Waals surface area contributed by atoms with Gasteiger partial charge >= 0.3 is 7.55 Å². The first-order chi connectivity index (χ1) is 2.77. The van der Waals surface area contributed by atoms with Gasteiger partial charge in [0.1, 0.15) is 0 Å². The first-order valence-electron chi connectivity index (χ1n) is 1.46. The highest BCUT2D eigenvalue weighted by atomic mass is 127. The lowest BCUT2D eigenvalue weighted by Gasteiger charge is -2.02. The van der Waals surface area contributed by atoms with Gasteiger partial charge < -0.3 is 5.64 Å². The number of hydrogen-bond donors (Lipinski definition) is 2. The molecule has 35 valence electrons. The molecule has 0 aromatic rings. The van der Waals surface area contributed by atoms with Crippen LogP contribution < -0.4 is 11.0 Å². The van der Waals surface area contributed by atoms with Gasteiger partial charge in [-0.15, -0.1) is 0 Å². The summed E-state index contributed by atoms with van der Waals surface area (Å²) in [6.45, 7) is 0. The first-order valence-corrected chi connectivity index (χ1v) is 2.43. The van der Waals surface area contributed by atoms with Crippen molar-refractivity contribution in [3.8, 4) is 0 Å². The zero-order chi connectivity index (χ0) is 4.99. The Kier molecular flexibility index (Phi) is 4.28. The van der Waals surface area contributed by atoms with Crippen LogP contribution in [0.4, 0.5) is 0 Å². The SMILES string of the molecule is CN(I)N[B]N. The predicted octanol–water partition coefficient (Wildman–Crippen LogP) is -0.734. The molecule has 0 bridgehead atoms. The van der Waals surface area contributed by atoms with Crippen LogP contribution in [-0.4, -0.2) is 17.8 Å². The van der Waals surface area contributed by atoms with E-state index in [4.69, 9.17) is 5.64 Å². The molecular weight excluding hydrogens is 192 g/mol.